The van der Waals surface area contributed by atoms with Gasteiger partial charge >= 0.3 is 5.97 Å². The number of hydrogen-bond acceptors (Lipinski definition) is 3. The first-order valence-electron chi connectivity index (χ1n) is 4.90. The summed E-state index contributed by atoms with van der Waals surface area (Å²) in [7, 11) is 0. The van der Waals surface area contributed by atoms with Crippen LogP contribution in [0, 0.1) is 0 Å². The summed E-state index contributed by atoms with van der Waals surface area (Å²) in [5.74, 6) is 0.336. The van der Waals surface area contributed by atoms with Crippen LogP contribution in [0.15, 0.2) is 18.2 Å². The molecule has 82 valence electrons. The molecule has 5 heteroatoms. The molecular weight excluding hydrogens is 210 g/mol. The standard InChI is InChI=1S/C11H9NO4/c13-11(14)8-3-6-4-9-10(5-7(6)12-8)16-2-1-15-9/h3-5,12H,1-2H2,(H,13,14). The lowest BCUT2D eigenvalue weighted by molar-refractivity contribution is 0.0691. The molecule has 1 aromatic heterocycles. The second-order valence-corrected chi connectivity index (χ2v) is 3.57. The van der Waals surface area contributed by atoms with Gasteiger partial charge < -0.3 is 19.6 Å². The van der Waals surface area contributed by atoms with Crippen LogP contribution < -0.4 is 9.47 Å². The van der Waals surface area contributed by atoms with E-state index in [4.69, 9.17) is 14.6 Å². The Morgan fingerprint density at radius 1 is 1.19 bits per heavy atom. The third-order valence-corrected chi connectivity index (χ3v) is 2.51. The van der Waals surface area contributed by atoms with Gasteiger partial charge in [0.1, 0.15) is 18.9 Å². The maximum absolute atomic E-state index is 10.8. The fourth-order valence-corrected chi connectivity index (χ4v) is 1.78. The molecule has 2 heterocycles. The molecule has 0 fully saturated rings. The van der Waals surface area contributed by atoms with Crippen molar-refractivity contribution in [2.45, 2.75) is 0 Å². The smallest absolute Gasteiger partial charge is 0.352 e. The number of aromatic carboxylic acids is 1. The summed E-state index contributed by atoms with van der Waals surface area (Å²) in [5, 5.41) is 9.66. The molecule has 0 radical (unpaired) electrons. The Balaban J connectivity index is 2.20. The molecule has 5 nitrogen and oxygen atoms in total. The van der Waals surface area contributed by atoms with E-state index in [1.54, 1.807) is 18.2 Å². The average molecular weight is 219 g/mol. The molecule has 0 atom stereocenters. The fourth-order valence-electron chi connectivity index (χ4n) is 1.78. The predicted molar refractivity (Wildman–Crippen MR) is 56.2 cm³/mol. The third-order valence-electron chi connectivity index (χ3n) is 2.51. The number of benzene rings is 1. The van der Waals surface area contributed by atoms with Gasteiger partial charge in [-0.15, -0.1) is 0 Å². The van der Waals surface area contributed by atoms with Crippen LogP contribution >= 0.6 is 0 Å². The molecule has 1 aliphatic rings. The van der Waals surface area contributed by atoms with Gasteiger partial charge in [0.2, 0.25) is 0 Å². The van der Waals surface area contributed by atoms with Crippen LogP contribution in [0.5, 0.6) is 11.5 Å². The third kappa shape index (κ3) is 1.29. The largest absolute Gasteiger partial charge is 0.486 e. The van der Waals surface area contributed by atoms with Gasteiger partial charge in [0.15, 0.2) is 11.5 Å². The monoisotopic (exact) mass is 219 g/mol. The molecule has 0 aliphatic carbocycles. The van der Waals surface area contributed by atoms with Crippen molar-refractivity contribution in [3.8, 4) is 11.5 Å². The number of hydrogen-bond donors (Lipinski definition) is 2. The summed E-state index contributed by atoms with van der Waals surface area (Å²) in [6, 6.07) is 5.12. The predicted octanol–water partition coefficient (Wildman–Crippen LogP) is 1.64. The Hall–Kier alpha value is -2.17. The Kier molecular flexibility index (Phi) is 1.80. The number of carboxylic acid groups (broad SMARTS) is 1. The molecule has 0 saturated carbocycles. The van der Waals surface area contributed by atoms with Gasteiger partial charge in [-0.25, -0.2) is 4.79 Å². The number of nitrogens with one attached hydrogen (secondary N) is 1. The lowest BCUT2D eigenvalue weighted by Gasteiger charge is -2.17. The summed E-state index contributed by atoms with van der Waals surface area (Å²) in [5.41, 5.74) is 0.902. The second kappa shape index (κ2) is 3.16. The SMILES string of the molecule is O=C(O)c1cc2cc3c(cc2[nH]1)OCCO3. The Labute approximate surface area is 90.6 Å². The van der Waals surface area contributed by atoms with E-state index in [9.17, 15) is 4.79 Å². The van der Waals surface area contributed by atoms with E-state index in [1.165, 1.54) is 0 Å². The molecule has 1 aliphatic heterocycles. The molecule has 0 bridgehead atoms. The highest BCUT2D eigenvalue weighted by Crippen LogP contribution is 2.34. The van der Waals surface area contributed by atoms with Crippen molar-refractivity contribution >= 4 is 16.9 Å². The van der Waals surface area contributed by atoms with Crippen molar-refractivity contribution in [3.63, 3.8) is 0 Å². The average Bonchev–Trinajstić information content (AvgIpc) is 2.68. The molecular formula is C11H9NO4. The molecule has 0 spiro atoms. The minimum atomic E-state index is -0.976. The number of ether oxygens (including phenoxy) is 2. The van der Waals surface area contributed by atoms with Crippen molar-refractivity contribution in [2.24, 2.45) is 0 Å². The molecule has 2 N–H and O–H groups in total. The number of rotatable bonds is 1. The van der Waals surface area contributed by atoms with Crippen molar-refractivity contribution in [3.05, 3.63) is 23.9 Å². The highest BCUT2D eigenvalue weighted by atomic mass is 16.6. The van der Waals surface area contributed by atoms with Gasteiger partial charge in [-0.05, 0) is 12.1 Å². The Bertz CT molecular complexity index is 530. The zero-order valence-corrected chi connectivity index (χ0v) is 8.32. The normalized spacial score (nSPS) is 14.0. The van der Waals surface area contributed by atoms with Crippen LogP contribution in [0.2, 0.25) is 0 Å². The van der Waals surface area contributed by atoms with Gasteiger partial charge in [0.25, 0.3) is 0 Å². The van der Waals surface area contributed by atoms with Crippen molar-refractivity contribution in [1.82, 2.24) is 4.98 Å². The van der Waals surface area contributed by atoms with Gasteiger partial charge in [-0.3, -0.25) is 0 Å². The van der Waals surface area contributed by atoms with E-state index in [2.05, 4.69) is 4.98 Å². The number of aromatic amines is 1. The minimum Gasteiger partial charge on any atom is -0.486 e. The van der Waals surface area contributed by atoms with Gasteiger partial charge in [0, 0.05) is 11.5 Å². The minimum absolute atomic E-state index is 0.164. The molecule has 16 heavy (non-hydrogen) atoms. The Morgan fingerprint density at radius 2 is 1.88 bits per heavy atom. The van der Waals surface area contributed by atoms with Crippen LogP contribution in [-0.4, -0.2) is 29.3 Å². The number of aromatic nitrogens is 1. The molecule has 0 saturated heterocycles. The first-order chi connectivity index (χ1) is 7.74. The molecule has 1 aromatic carbocycles. The van der Waals surface area contributed by atoms with E-state index in [1.807, 2.05) is 0 Å². The fraction of sp³-hybridized carbons (Fsp3) is 0.182. The van der Waals surface area contributed by atoms with Crippen molar-refractivity contribution < 1.29 is 19.4 Å². The van der Waals surface area contributed by atoms with Crippen LogP contribution in [0.1, 0.15) is 10.5 Å². The molecule has 0 unspecified atom stereocenters. The van der Waals surface area contributed by atoms with E-state index in [0.29, 0.717) is 24.7 Å². The number of H-pyrrole nitrogens is 1. The molecule has 3 rings (SSSR count). The topological polar surface area (TPSA) is 71.5 Å². The second-order valence-electron chi connectivity index (χ2n) is 3.57. The summed E-state index contributed by atoms with van der Waals surface area (Å²) in [4.78, 5) is 13.6. The summed E-state index contributed by atoms with van der Waals surface area (Å²) in [6.07, 6.45) is 0. The first-order valence-corrected chi connectivity index (χ1v) is 4.90. The van der Waals surface area contributed by atoms with E-state index in [-0.39, 0.29) is 5.69 Å². The Morgan fingerprint density at radius 3 is 2.56 bits per heavy atom. The van der Waals surface area contributed by atoms with E-state index < -0.39 is 5.97 Å². The van der Waals surface area contributed by atoms with Crippen LogP contribution in [0.3, 0.4) is 0 Å². The van der Waals surface area contributed by atoms with Crippen LogP contribution in [-0.2, 0) is 0 Å². The summed E-state index contributed by atoms with van der Waals surface area (Å²) >= 11 is 0. The van der Waals surface area contributed by atoms with Crippen LogP contribution in [0.25, 0.3) is 10.9 Å². The van der Waals surface area contributed by atoms with Gasteiger partial charge in [0.05, 0.1) is 5.52 Å². The van der Waals surface area contributed by atoms with Crippen molar-refractivity contribution in [2.75, 3.05) is 13.2 Å². The zero-order valence-electron chi connectivity index (χ0n) is 8.32. The highest BCUT2D eigenvalue weighted by Gasteiger charge is 2.15. The maximum atomic E-state index is 10.8. The van der Waals surface area contributed by atoms with Gasteiger partial charge in [-0.2, -0.15) is 0 Å². The van der Waals surface area contributed by atoms with Gasteiger partial charge in [-0.1, -0.05) is 0 Å². The van der Waals surface area contributed by atoms with Crippen LogP contribution in [0.4, 0.5) is 0 Å². The summed E-state index contributed by atoms with van der Waals surface area (Å²) < 4.78 is 10.8. The zero-order chi connectivity index (χ0) is 11.1. The number of carboxylic acids is 1. The molecule has 2 aromatic rings. The number of fused-ring (bicyclic) bond motifs is 2. The lowest BCUT2D eigenvalue weighted by Crippen LogP contribution is -2.15. The highest BCUT2D eigenvalue weighted by molar-refractivity contribution is 5.94. The van der Waals surface area contributed by atoms with Crippen molar-refractivity contribution in [1.29, 1.82) is 0 Å². The quantitative estimate of drug-likeness (QED) is 0.764. The maximum Gasteiger partial charge on any atom is 0.352 e. The lowest BCUT2D eigenvalue weighted by atomic mass is 10.2. The number of carbonyl (C=O) groups is 1. The first kappa shape index (κ1) is 9.08. The summed E-state index contributed by atoms with van der Waals surface area (Å²) in [6.45, 7) is 1.04. The molecule has 0 amide bonds. The van der Waals surface area contributed by atoms with E-state index >= 15 is 0 Å². The van der Waals surface area contributed by atoms with E-state index in [0.717, 1.165) is 10.9 Å².